The van der Waals surface area contributed by atoms with Crippen LogP contribution in [0.2, 0.25) is 0 Å². The minimum atomic E-state index is -2.19. The number of esters is 3. The first-order valence-corrected chi connectivity index (χ1v) is 32.9. The topological polar surface area (TPSA) is 433 Å². The number of carbonyl (C=O) groups excluding carboxylic acids is 3. The van der Waals surface area contributed by atoms with Gasteiger partial charge in [0.1, 0.15) is 73.8 Å². The standard InChI is InChI=1S/C66H102O28/c1-14-27(3)55(82)89-47-30(6)86-59(46(78)49(47)90-56(83)28(4)15-2)94-53-52(79)66(26-84-31(7)69)33(22-61(53,8)9)32-16-17-36-62(10)20-19-38(63(11,25-68)35(62)18-21-64(36,12)65(32,13)23-37(66)70)88-60-51(93-58-44(76)42(74)40(72)34(24-67)87-58)48(45(77)50(92-60)54(80)81)91-57-43(75)41(73)39(71)29(5)85-57/h14-16,29-30,33-53,57-60,67-68,70-79H,17-26H2,1-13H3,(H,80,81)/b27-14-,28-15-/t29-,30+,33?,34+,35?,36?,37+,38-,39-,40-,41+,42-,43+,44+,45-,46+,47+,48-,49+,50-,51+,52-,53-,57-,58-,59-,60+,62-,63?,64+,65+,66-/m0/s1. The molecule has 13 N–H and O–H groups in total. The molecule has 28 nitrogen and oxygen atoms in total. The van der Waals surface area contributed by atoms with E-state index in [0.717, 1.165) is 5.57 Å². The number of hydrogen-bond donors (Lipinski definition) is 13. The summed E-state index contributed by atoms with van der Waals surface area (Å²) in [6.07, 6.45) is -32.7. The van der Waals surface area contributed by atoms with Crippen LogP contribution in [0.1, 0.15) is 135 Å². The maximum Gasteiger partial charge on any atom is 0.335 e. The number of fused-ring (bicyclic) bond motifs is 7. The molecule has 8 fully saturated rings. The molecule has 94 heavy (non-hydrogen) atoms. The normalized spacial score (nSPS) is 49.5. The minimum absolute atomic E-state index is 0.0776. The van der Waals surface area contributed by atoms with Crippen LogP contribution in [0.15, 0.2) is 34.9 Å². The third kappa shape index (κ3) is 12.6. The molecule has 9 rings (SSSR count). The molecule has 0 aromatic heterocycles. The number of carboxylic acid groups (broad SMARTS) is 1. The van der Waals surface area contributed by atoms with Crippen molar-refractivity contribution in [2.75, 3.05) is 19.8 Å². The summed E-state index contributed by atoms with van der Waals surface area (Å²) < 4.78 is 67.3. The third-order valence-corrected chi connectivity index (χ3v) is 24.0. The molecule has 0 bridgehead atoms. The average Bonchev–Trinajstić information content (AvgIpc) is 0.669. The van der Waals surface area contributed by atoms with Gasteiger partial charge in [-0.1, -0.05) is 65.3 Å². The molecule has 0 spiro atoms. The monoisotopic (exact) mass is 1340 g/mol. The van der Waals surface area contributed by atoms with Crippen molar-refractivity contribution in [2.24, 2.45) is 50.2 Å². The van der Waals surface area contributed by atoms with Crippen molar-refractivity contribution < 1.29 is 138 Å². The third-order valence-electron chi connectivity index (χ3n) is 24.0. The maximum atomic E-state index is 13.4. The second-order valence-electron chi connectivity index (χ2n) is 29.7. The number of hydrogen-bond acceptors (Lipinski definition) is 27. The van der Waals surface area contributed by atoms with Crippen LogP contribution in [-0.4, -0.2) is 257 Å². The summed E-state index contributed by atoms with van der Waals surface area (Å²) in [5.41, 5.74) is -4.39. The molecule has 0 aromatic rings. The average molecular weight is 1340 g/mol. The second-order valence-corrected chi connectivity index (χ2v) is 29.7. The summed E-state index contributed by atoms with van der Waals surface area (Å²) in [6, 6.07) is 0. The molecule has 0 amide bonds. The molecule has 4 saturated carbocycles. The number of rotatable bonds is 17. The Balaban J connectivity index is 1.02. The molecule has 28 heteroatoms. The maximum absolute atomic E-state index is 13.4. The van der Waals surface area contributed by atoms with E-state index in [0.29, 0.717) is 25.7 Å². The van der Waals surface area contributed by atoms with Gasteiger partial charge in [-0.15, -0.1) is 0 Å². The molecule has 4 saturated heterocycles. The number of aliphatic hydroxyl groups excluding tert-OH is 12. The van der Waals surface area contributed by atoms with E-state index in [9.17, 15) is 85.6 Å². The van der Waals surface area contributed by atoms with Crippen molar-refractivity contribution in [2.45, 2.75) is 282 Å². The van der Waals surface area contributed by atoms with E-state index in [1.54, 1.807) is 33.8 Å². The summed E-state index contributed by atoms with van der Waals surface area (Å²) in [5, 5.41) is 148. The van der Waals surface area contributed by atoms with Crippen molar-refractivity contribution in [3.05, 3.63) is 34.9 Å². The summed E-state index contributed by atoms with van der Waals surface area (Å²) >= 11 is 0. The van der Waals surface area contributed by atoms with Crippen LogP contribution in [0.4, 0.5) is 0 Å². The number of aliphatic carboxylic acids is 1. The fourth-order valence-corrected chi connectivity index (χ4v) is 18.0. The molecular formula is C66H102O28. The van der Waals surface area contributed by atoms with E-state index in [-0.39, 0.29) is 42.2 Å². The number of carboxylic acids is 1. The van der Waals surface area contributed by atoms with Gasteiger partial charge in [-0.2, -0.15) is 0 Å². The summed E-state index contributed by atoms with van der Waals surface area (Å²) in [4.78, 5) is 52.5. The Morgan fingerprint density at radius 1 is 0.606 bits per heavy atom. The first kappa shape index (κ1) is 74.5. The van der Waals surface area contributed by atoms with Gasteiger partial charge in [0.05, 0.1) is 55.3 Å². The van der Waals surface area contributed by atoms with Gasteiger partial charge in [0.15, 0.2) is 43.5 Å². The molecule has 4 heterocycles. The molecule has 32 atom stereocenters. The SMILES string of the molecule is C/C=C(/C)C(=O)O[C@@H]1[C@@H](O)[C@H](O[C@H]2[C@H](O)[C@@]3(COC(C)=O)C(CC2(C)C)C2=CCC4[C@@]5(C)CC[C@H](O[C@@H]6O[C@H](C(=O)O)[C@@H](O)[C@H](O[C@@H]7O[C@@H](C)[C@H](O)[C@@H](O)[C@H]7O)[C@H]6O[C@@H]6O[C@H](CO)[C@H](O)[C@H](O)[C@H]6O)C(C)(CO)C5CC[C@@]4(C)[C@]2(C)C[C@H]3O)O[C@H](C)[C@H]1OC(=O)/C(C)=C\C. The lowest BCUT2D eigenvalue weighted by atomic mass is 9.33. The minimum Gasteiger partial charge on any atom is -0.479 e. The number of aliphatic hydroxyl groups is 12. The number of ether oxygens (including phenoxy) is 11. The summed E-state index contributed by atoms with van der Waals surface area (Å²) in [5.74, 6) is -5.05. The van der Waals surface area contributed by atoms with Crippen LogP contribution in [0.25, 0.3) is 0 Å². The molecule has 0 radical (unpaired) electrons. The van der Waals surface area contributed by atoms with E-state index >= 15 is 0 Å². The predicted octanol–water partition coefficient (Wildman–Crippen LogP) is 0.0754. The van der Waals surface area contributed by atoms with Gasteiger partial charge in [-0.05, 0) is 126 Å². The van der Waals surface area contributed by atoms with Gasteiger partial charge in [-0.3, -0.25) is 4.79 Å². The molecule has 0 aromatic carbocycles. The van der Waals surface area contributed by atoms with Crippen molar-refractivity contribution in [3.63, 3.8) is 0 Å². The highest BCUT2D eigenvalue weighted by atomic mass is 16.8. The Hall–Kier alpha value is -3.70. The van der Waals surface area contributed by atoms with E-state index in [1.807, 2.05) is 20.8 Å². The molecule has 4 aliphatic heterocycles. The Bertz CT molecular complexity index is 2850. The number of allylic oxidation sites excluding steroid dienone is 4. The van der Waals surface area contributed by atoms with Gasteiger partial charge < -0.3 is 118 Å². The van der Waals surface area contributed by atoms with Crippen LogP contribution in [-0.2, 0) is 71.3 Å². The summed E-state index contributed by atoms with van der Waals surface area (Å²) in [7, 11) is 0. The zero-order valence-electron chi connectivity index (χ0n) is 55.8. The highest BCUT2D eigenvalue weighted by Crippen LogP contribution is 2.76. The lowest BCUT2D eigenvalue weighted by Crippen LogP contribution is -2.73. The fourth-order valence-electron chi connectivity index (χ4n) is 18.0. The molecule has 4 unspecified atom stereocenters. The van der Waals surface area contributed by atoms with Crippen molar-refractivity contribution in [1.29, 1.82) is 0 Å². The highest BCUT2D eigenvalue weighted by molar-refractivity contribution is 5.88. The molecular weight excluding hydrogens is 1240 g/mol. The van der Waals surface area contributed by atoms with Crippen LogP contribution in [0.5, 0.6) is 0 Å². The largest absolute Gasteiger partial charge is 0.479 e. The van der Waals surface area contributed by atoms with Gasteiger partial charge >= 0.3 is 23.9 Å². The fraction of sp³-hybridized carbons (Fsp3) is 0.848. The predicted molar refractivity (Wildman–Crippen MR) is 322 cm³/mol. The van der Waals surface area contributed by atoms with Crippen molar-refractivity contribution in [3.8, 4) is 0 Å². The zero-order valence-corrected chi connectivity index (χ0v) is 55.8. The van der Waals surface area contributed by atoms with Crippen LogP contribution in [0, 0.1) is 50.2 Å². The first-order valence-electron chi connectivity index (χ1n) is 32.9. The highest BCUT2D eigenvalue weighted by Gasteiger charge is 2.74. The second kappa shape index (κ2) is 27.8. The van der Waals surface area contributed by atoms with Crippen molar-refractivity contribution >= 4 is 23.9 Å². The van der Waals surface area contributed by atoms with Crippen LogP contribution >= 0.6 is 0 Å². The van der Waals surface area contributed by atoms with E-state index in [1.165, 1.54) is 26.8 Å². The van der Waals surface area contributed by atoms with Crippen molar-refractivity contribution in [1.82, 2.24) is 0 Å². The Kier molecular flexibility index (Phi) is 22.0. The summed E-state index contributed by atoms with van der Waals surface area (Å²) in [6.45, 7) is 20.8. The number of carbonyl (C=O) groups is 4. The van der Waals surface area contributed by atoms with Gasteiger partial charge in [0.25, 0.3) is 0 Å². The smallest absolute Gasteiger partial charge is 0.335 e. The first-order chi connectivity index (χ1) is 43.9. The van der Waals surface area contributed by atoms with Gasteiger partial charge in [-0.25, -0.2) is 14.4 Å². The Morgan fingerprint density at radius 3 is 1.77 bits per heavy atom. The van der Waals surface area contributed by atoms with Crippen LogP contribution < -0.4 is 0 Å². The van der Waals surface area contributed by atoms with Gasteiger partial charge in [0, 0.05) is 23.5 Å². The lowest BCUT2D eigenvalue weighted by molar-refractivity contribution is -0.396. The van der Waals surface area contributed by atoms with E-state index in [2.05, 4.69) is 26.8 Å². The van der Waals surface area contributed by atoms with Crippen LogP contribution in [0.3, 0.4) is 0 Å². The van der Waals surface area contributed by atoms with E-state index < -0.39 is 229 Å². The molecule has 534 valence electrons. The molecule has 9 aliphatic rings. The Morgan fingerprint density at radius 2 is 1.18 bits per heavy atom. The van der Waals surface area contributed by atoms with E-state index in [4.69, 9.17) is 52.1 Å². The van der Waals surface area contributed by atoms with Gasteiger partial charge in [0.2, 0.25) is 0 Å². The molecule has 5 aliphatic carbocycles. The lowest BCUT2D eigenvalue weighted by Gasteiger charge is -2.72. The Labute approximate surface area is 547 Å². The quantitative estimate of drug-likeness (QED) is 0.0301. The zero-order chi connectivity index (χ0) is 69.6.